The van der Waals surface area contributed by atoms with Crippen LogP contribution in [0, 0.1) is 0 Å². The van der Waals surface area contributed by atoms with Gasteiger partial charge in [0.25, 0.3) is 0 Å². The highest BCUT2D eigenvalue weighted by Gasteiger charge is 2.05. The van der Waals surface area contributed by atoms with Crippen LogP contribution in [0.25, 0.3) is 0 Å². The third kappa shape index (κ3) is 5.59. The molecule has 0 aromatic carbocycles. The molecular formula is C10H14O2. The molecule has 0 N–H and O–H groups in total. The van der Waals surface area contributed by atoms with Crippen LogP contribution in [0.2, 0.25) is 0 Å². The molecule has 0 bridgehead atoms. The van der Waals surface area contributed by atoms with E-state index in [9.17, 15) is 9.59 Å². The molecule has 0 radical (unpaired) electrons. The molecule has 66 valence electrons. The molecule has 0 saturated heterocycles. The van der Waals surface area contributed by atoms with E-state index in [1.165, 1.54) is 6.92 Å². The van der Waals surface area contributed by atoms with Crippen LogP contribution in [0.1, 0.15) is 26.2 Å². The summed E-state index contributed by atoms with van der Waals surface area (Å²) >= 11 is 0. The van der Waals surface area contributed by atoms with Gasteiger partial charge in [-0.25, -0.2) is 0 Å². The highest BCUT2D eigenvalue weighted by molar-refractivity contribution is 6.36. The Labute approximate surface area is 73.0 Å². The largest absolute Gasteiger partial charge is 0.291 e. The van der Waals surface area contributed by atoms with E-state index in [4.69, 9.17) is 0 Å². The predicted molar refractivity (Wildman–Crippen MR) is 48.9 cm³/mol. The lowest BCUT2D eigenvalue weighted by Crippen LogP contribution is -2.08. The Balaban J connectivity index is 3.44. The monoisotopic (exact) mass is 166 g/mol. The fourth-order valence-electron chi connectivity index (χ4n) is 0.749. The molecule has 2 heteroatoms. The normalized spacial score (nSPS) is 10.1. The van der Waals surface area contributed by atoms with Crippen molar-refractivity contribution in [1.82, 2.24) is 0 Å². The average Bonchev–Trinajstić information content (AvgIpc) is 2.03. The first kappa shape index (κ1) is 10.8. The Hall–Kier alpha value is -1.18. The summed E-state index contributed by atoms with van der Waals surface area (Å²) in [5, 5.41) is 0. The highest BCUT2D eigenvalue weighted by atomic mass is 16.2. The summed E-state index contributed by atoms with van der Waals surface area (Å²) in [7, 11) is 0. The van der Waals surface area contributed by atoms with Crippen LogP contribution in [-0.4, -0.2) is 11.6 Å². The summed E-state index contributed by atoms with van der Waals surface area (Å²) in [6.07, 6.45) is 7.37. The van der Waals surface area contributed by atoms with E-state index >= 15 is 0 Å². The molecule has 0 saturated carbocycles. The Morgan fingerprint density at radius 2 is 2.08 bits per heavy atom. The van der Waals surface area contributed by atoms with Gasteiger partial charge in [0.05, 0.1) is 0 Å². The molecule has 0 aliphatic heterocycles. The van der Waals surface area contributed by atoms with Crippen molar-refractivity contribution in [3.05, 3.63) is 24.8 Å². The summed E-state index contributed by atoms with van der Waals surface area (Å²) in [5.74, 6) is -0.621. The lowest BCUT2D eigenvalue weighted by atomic mass is 10.1. The van der Waals surface area contributed by atoms with Crippen molar-refractivity contribution in [3.63, 3.8) is 0 Å². The maximum Gasteiger partial charge on any atom is 0.198 e. The van der Waals surface area contributed by atoms with E-state index < -0.39 is 0 Å². The van der Waals surface area contributed by atoms with Crippen LogP contribution in [-0.2, 0) is 9.59 Å². The number of hydrogen-bond donors (Lipinski definition) is 0. The second kappa shape index (κ2) is 6.53. The van der Waals surface area contributed by atoms with Gasteiger partial charge in [0, 0.05) is 13.3 Å². The van der Waals surface area contributed by atoms with E-state index in [1.807, 2.05) is 12.2 Å². The number of ketones is 2. The van der Waals surface area contributed by atoms with E-state index in [0.29, 0.717) is 6.42 Å². The summed E-state index contributed by atoms with van der Waals surface area (Å²) in [5.41, 5.74) is 0. The summed E-state index contributed by atoms with van der Waals surface area (Å²) < 4.78 is 0. The van der Waals surface area contributed by atoms with Gasteiger partial charge in [-0.15, -0.1) is 0 Å². The zero-order valence-electron chi connectivity index (χ0n) is 7.38. The zero-order valence-corrected chi connectivity index (χ0v) is 7.38. The van der Waals surface area contributed by atoms with Crippen molar-refractivity contribution < 1.29 is 9.59 Å². The fraction of sp³-hybridized carbons (Fsp3) is 0.400. The maximum absolute atomic E-state index is 10.8. The van der Waals surface area contributed by atoms with Crippen molar-refractivity contribution in [2.45, 2.75) is 26.2 Å². The Bertz CT molecular complexity index is 202. The number of rotatable bonds is 6. The van der Waals surface area contributed by atoms with E-state index in [-0.39, 0.29) is 11.6 Å². The minimum atomic E-state index is -0.345. The molecule has 12 heavy (non-hydrogen) atoms. The number of hydrogen-bond acceptors (Lipinski definition) is 2. The molecule has 0 atom stereocenters. The van der Waals surface area contributed by atoms with Gasteiger partial charge in [-0.2, -0.15) is 0 Å². The molecule has 0 heterocycles. The number of carbonyl (C=O) groups excluding carboxylic acids is 2. The van der Waals surface area contributed by atoms with Gasteiger partial charge in [0.2, 0.25) is 0 Å². The number of Topliss-reactive ketones (excluding diaryl/α,β-unsaturated/α-hetero) is 2. The lowest BCUT2D eigenvalue weighted by Gasteiger charge is -1.92. The first-order valence-corrected chi connectivity index (χ1v) is 3.99. The molecule has 0 fully saturated rings. The quantitative estimate of drug-likeness (QED) is 0.344. The van der Waals surface area contributed by atoms with E-state index in [0.717, 1.165) is 12.8 Å². The number of unbranched alkanes of at least 4 members (excludes halogenated alkanes) is 1. The van der Waals surface area contributed by atoms with Crippen LogP contribution >= 0.6 is 0 Å². The van der Waals surface area contributed by atoms with Gasteiger partial charge in [0.15, 0.2) is 11.6 Å². The first-order chi connectivity index (χ1) is 5.68. The second-order valence-corrected chi connectivity index (χ2v) is 2.54. The number of allylic oxidation sites excluding steroid dienone is 3. The van der Waals surface area contributed by atoms with Crippen LogP contribution in [0.5, 0.6) is 0 Å². The lowest BCUT2D eigenvalue weighted by molar-refractivity contribution is -0.135. The van der Waals surface area contributed by atoms with Gasteiger partial charge in [-0.3, -0.25) is 9.59 Å². The third-order valence-corrected chi connectivity index (χ3v) is 1.44. The molecular weight excluding hydrogens is 152 g/mol. The van der Waals surface area contributed by atoms with Crippen molar-refractivity contribution in [1.29, 1.82) is 0 Å². The SMILES string of the molecule is C=CC=CCCCC(=O)C(C)=O. The predicted octanol–water partition coefficient (Wildman–Crippen LogP) is 2.06. The Morgan fingerprint density at radius 1 is 1.42 bits per heavy atom. The second-order valence-electron chi connectivity index (χ2n) is 2.54. The average molecular weight is 166 g/mol. The maximum atomic E-state index is 10.8. The van der Waals surface area contributed by atoms with Crippen molar-refractivity contribution >= 4 is 11.6 Å². The molecule has 0 aliphatic carbocycles. The minimum absolute atomic E-state index is 0.276. The molecule has 0 unspecified atom stereocenters. The molecule has 0 aromatic rings. The van der Waals surface area contributed by atoms with Crippen LogP contribution in [0.4, 0.5) is 0 Å². The minimum Gasteiger partial charge on any atom is -0.291 e. The molecule has 2 nitrogen and oxygen atoms in total. The van der Waals surface area contributed by atoms with Gasteiger partial charge in [-0.05, 0) is 12.8 Å². The standard InChI is InChI=1S/C10H14O2/c1-3-4-5-6-7-8-10(12)9(2)11/h3-5H,1,6-8H2,2H3. The Morgan fingerprint density at radius 3 is 2.58 bits per heavy atom. The van der Waals surface area contributed by atoms with Crippen molar-refractivity contribution in [2.75, 3.05) is 0 Å². The number of carbonyl (C=O) groups is 2. The summed E-state index contributed by atoms with van der Waals surface area (Å²) in [6.45, 7) is 4.82. The summed E-state index contributed by atoms with van der Waals surface area (Å²) in [6, 6.07) is 0. The van der Waals surface area contributed by atoms with Crippen molar-refractivity contribution in [3.8, 4) is 0 Å². The summed E-state index contributed by atoms with van der Waals surface area (Å²) in [4.78, 5) is 21.3. The van der Waals surface area contributed by atoms with E-state index in [1.54, 1.807) is 6.08 Å². The molecule has 0 aromatic heterocycles. The molecule has 0 aliphatic rings. The zero-order chi connectivity index (χ0) is 9.40. The topological polar surface area (TPSA) is 34.1 Å². The molecule has 0 rings (SSSR count). The smallest absolute Gasteiger partial charge is 0.198 e. The fourth-order valence-corrected chi connectivity index (χ4v) is 0.749. The van der Waals surface area contributed by atoms with E-state index in [2.05, 4.69) is 6.58 Å². The highest BCUT2D eigenvalue weighted by Crippen LogP contribution is 1.98. The van der Waals surface area contributed by atoms with Gasteiger partial charge >= 0.3 is 0 Å². The third-order valence-electron chi connectivity index (χ3n) is 1.44. The van der Waals surface area contributed by atoms with Crippen molar-refractivity contribution in [2.24, 2.45) is 0 Å². The van der Waals surface area contributed by atoms with Crippen LogP contribution in [0.15, 0.2) is 24.8 Å². The molecule has 0 spiro atoms. The van der Waals surface area contributed by atoms with Crippen LogP contribution in [0.3, 0.4) is 0 Å². The van der Waals surface area contributed by atoms with Gasteiger partial charge in [0.1, 0.15) is 0 Å². The molecule has 0 amide bonds. The van der Waals surface area contributed by atoms with Gasteiger partial charge < -0.3 is 0 Å². The van der Waals surface area contributed by atoms with Gasteiger partial charge in [-0.1, -0.05) is 24.8 Å². The van der Waals surface area contributed by atoms with Crippen LogP contribution < -0.4 is 0 Å². The Kier molecular flexibility index (Phi) is 5.88. The first-order valence-electron chi connectivity index (χ1n) is 3.99.